The topological polar surface area (TPSA) is 71.1 Å². The molecule has 1 aromatic carbocycles. The van der Waals surface area contributed by atoms with E-state index in [1.807, 2.05) is 22.6 Å². The summed E-state index contributed by atoms with van der Waals surface area (Å²) in [6.07, 6.45) is 0. The maximum absolute atomic E-state index is 12.2. The van der Waals surface area contributed by atoms with Gasteiger partial charge in [0.05, 0.1) is 27.4 Å². The van der Waals surface area contributed by atoms with Gasteiger partial charge in [-0.1, -0.05) is 0 Å². The van der Waals surface area contributed by atoms with E-state index in [4.69, 9.17) is 18.9 Å². The molecular formula is C15H19IO6. The molecule has 0 aliphatic carbocycles. The molecule has 0 N–H and O–H groups in total. The average molecular weight is 422 g/mol. The third-order valence-corrected chi connectivity index (χ3v) is 3.79. The van der Waals surface area contributed by atoms with E-state index in [0.717, 1.165) is 0 Å². The van der Waals surface area contributed by atoms with Gasteiger partial charge in [0.25, 0.3) is 0 Å². The minimum absolute atomic E-state index is 0.179. The summed E-state index contributed by atoms with van der Waals surface area (Å²) >= 11 is 2.03. The normalized spacial score (nSPS) is 10.3. The Kier molecular flexibility index (Phi) is 7.43. The van der Waals surface area contributed by atoms with Crippen molar-refractivity contribution in [1.82, 2.24) is 0 Å². The van der Waals surface area contributed by atoms with Crippen molar-refractivity contribution in [3.63, 3.8) is 0 Å². The quantitative estimate of drug-likeness (QED) is 0.382. The highest BCUT2D eigenvalue weighted by Crippen LogP contribution is 2.35. The van der Waals surface area contributed by atoms with Gasteiger partial charge in [-0.15, -0.1) is 0 Å². The summed E-state index contributed by atoms with van der Waals surface area (Å²) in [4.78, 5) is 24.3. The fraction of sp³-hybridized carbons (Fsp3) is 0.467. The minimum Gasteiger partial charge on any atom is -0.493 e. The van der Waals surface area contributed by atoms with E-state index in [0.29, 0.717) is 20.6 Å². The van der Waals surface area contributed by atoms with Crippen molar-refractivity contribution in [1.29, 1.82) is 0 Å². The minimum atomic E-state index is -1.15. The molecule has 1 aromatic rings. The number of methoxy groups -OCH3 is 2. The van der Waals surface area contributed by atoms with E-state index in [1.54, 1.807) is 26.0 Å². The first-order valence-electron chi connectivity index (χ1n) is 6.74. The van der Waals surface area contributed by atoms with Crippen molar-refractivity contribution >= 4 is 34.5 Å². The summed E-state index contributed by atoms with van der Waals surface area (Å²) in [5.41, 5.74) is 0.468. The molecule has 0 spiro atoms. The van der Waals surface area contributed by atoms with E-state index in [1.165, 1.54) is 14.2 Å². The molecule has 0 aliphatic heterocycles. The van der Waals surface area contributed by atoms with Crippen LogP contribution in [0.5, 0.6) is 11.5 Å². The molecule has 0 amide bonds. The third kappa shape index (κ3) is 4.25. The van der Waals surface area contributed by atoms with Gasteiger partial charge in [0, 0.05) is 3.57 Å². The molecule has 0 unspecified atom stereocenters. The fourth-order valence-electron chi connectivity index (χ4n) is 1.89. The van der Waals surface area contributed by atoms with Crippen LogP contribution in [0.2, 0.25) is 0 Å². The number of esters is 2. The predicted molar refractivity (Wildman–Crippen MR) is 88.3 cm³/mol. The first-order chi connectivity index (χ1) is 10.5. The summed E-state index contributed by atoms with van der Waals surface area (Å²) in [6.45, 7) is 3.72. The van der Waals surface area contributed by atoms with Crippen molar-refractivity contribution in [2.45, 2.75) is 19.8 Å². The van der Waals surface area contributed by atoms with Crippen molar-refractivity contribution in [3.8, 4) is 11.5 Å². The Morgan fingerprint density at radius 2 is 1.45 bits per heavy atom. The molecule has 22 heavy (non-hydrogen) atoms. The Morgan fingerprint density at radius 1 is 1.00 bits per heavy atom. The second kappa shape index (κ2) is 8.82. The van der Waals surface area contributed by atoms with Gasteiger partial charge in [-0.25, -0.2) is 0 Å². The summed E-state index contributed by atoms with van der Waals surface area (Å²) < 4.78 is 21.1. The number of halogens is 1. The number of carbonyl (C=O) groups is 2. The van der Waals surface area contributed by atoms with Crippen LogP contribution in [0.1, 0.15) is 25.3 Å². The van der Waals surface area contributed by atoms with Gasteiger partial charge in [0.1, 0.15) is 0 Å². The number of ether oxygens (including phenoxy) is 4. The second-order valence-electron chi connectivity index (χ2n) is 4.17. The van der Waals surface area contributed by atoms with E-state index >= 15 is 0 Å². The standard InChI is InChI=1S/C15H19IO6/c1-5-21-14(17)13(15(18)22-6-2)9-7-11(19-3)12(20-4)8-10(9)16/h7-8,13H,5-6H2,1-4H3. The smallest absolute Gasteiger partial charge is 0.324 e. The van der Waals surface area contributed by atoms with Gasteiger partial charge in [-0.3, -0.25) is 9.59 Å². The van der Waals surface area contributed by atoms with Crippen LogP contribution >= 0.6 is 22.6 Å². The van der Waals surface area contributed by atoms with Crippen LogP contribution in [-0.4, -0.2) is 39.4 Å². The first-order valence-corrected chi connectivity index (χ1v) is 7.82. The first kappa shape index (κ1) is 18.5. The Bertz CT molecular complexity index is 525. The number of hydrogen-bond donors (Lipinski definition) is 0. The van der Waals surface area contributed by atoms with Crippen LogP contribution in [0, 0.1) is 3.57 Å². The predicted octanol–water partition coefficient (Wildman–Crippen LogP) is 2.52. The molecule has 7 heteroatoms. The lowest BCUT2D eigenvalue weighted by Crippen LogP contribution is -2.27. The van der Waals surface area contributed by atoms with Crippen LogP contribution in [0.3, 0.4) is 0 Å². The van der Waals surface area contributed by atoms with E-state index in [-0.39, 0.29) is 13.2 Å². The van der Waals surface area contributed by atoms with Gasteiger partial charge >= 0.3 is 11.9 Å². The van der Waals surface area contributed by atoms with Gasteiger partial charge in [-0.05, 0) is 54.1 Å². The molecule has 0 fully saturated rings. The van der Waals surface area contributed by atoms with E-state index in [2.05, 4.69) is 0 Å². The molecular weight excluding hydrogens is 403 g/mol. The van der Waals surface area contributed by atoms with Gasteiger partial charge < -0.3 is 18.9 Å². The number of hydrogen-bond acceptors (Lipinski definition) is 6. The second-order valence-corrected chi connectivity index (χ2v) is 5.33. The zero-order valence-corrected chi connectivity index (χ0v) is 15.1. The molecule has 0 aromatic heterocycles. The Balaban J connectivity index is 3.35. The Hall–Kier alpha value is -1.51. The summed E-state index contributed by atoms with van der Waals surface area (Å²) in [5.74, 6) is -1.50. The van der Waals surface area contributed by atoms with Crippen LogP contribution in [0.4, 0.5) is 0 Å². The molecule has 0 heterocycles. The van der Waals surface area contributed by atoms with Crippen LogP contribution in [-0.2, 0) is 19.1 Å². The molecule has 0 bridgehead atoms. The largest absolute Gasteiger partial charge is 0.493 e. The molecule has 0 aliphatic rings. The third-order valence-electron chi connectivity index (χ3n) is 2.86. The van der Waals surface area contributed by atoms with Crippen molar-refractivity contribution in [2.75, 3.05) is 27.4 Å². The molecule has 6 nitrogen and oxygen atoms in total. The fourth-order valence-corrected chi connectivity index (χ4v) is 2.64. The van der Waals surface area contributed by atoms with Crippen molar-refractivity contribution in [2.24, 2.45) is 0 Å². The molecule has 0 saturated carbocycles. The molecule has 122 valence electrons. The number of carbonyl (C=O) groups excluding carboxylic acids is 2. The molecule has 0 atom stereocenters. The number of benzene rings is 1. The Morgan fingerprint density at radius 3 is 1.86 bits per heavy atom. The van der Waals surface area contributed by atoms with Crippen molar-refractivity contribution in [3.05, 3.63) is 21.3 Å². The lowest BCUT2D eigenvalue weighted by atomic mass is 9.98. The van der Waals surface area contributed by atoms with Crippen LogP contribution < -0.4 is 9.47 Å². The Labute approximate surface area is 143 Å². The molecule has 1 rings (SSSR count). The highest BCUT2D eigenvalue weighted by atomic mass is 127. The average Bonchev–Trinajstić information content (AvgIpc) is 2.49. The van der Waals surface area contributed by atoms with Gasteiger partial charge in [0.2, 0.25) is 0 Å². The summed E-state index contributed by atoms with van der Waals surface area (Å²) in [6, 6.07) is 3.29. The monoisotopic (exact) mass is 422 g/mol. The van der Waals surface area contributed by atoms with Gasteiger partial charge in [0.15, 0.2) is 17.4 Å². The lowest BCUT2D eigenvalue weighted by molar-refractivity contribution is -0.156. The highest BCUT2D eigenvalue weighted by molar-refractivity contribution is 14.1. The zero-order chi connectivity index (χ0) is 16.7. The molecule has 0 radical (unpaired) electrons. The van der Waals surface area contributed by atoms with E-state index in [9.17, 15) is 9.59 Å². The summed E-state index contributed by atoms with van der Waals surface area (Å²) in [7, 11) is 3.00. The lowest BCUT2D eigenvalue weighted by Gasteiger charge is -2.18. The van der Waals surface area contributed by atoms with Crippen molar-refractivity contribution < 1.29 is 28.5 Å². The zero-order valence-electron chi connectivity index (χ0n) is 13.0. The number of rotatable bonds is 7. The summed E-state index contributed by atoms with van der Waals surface area (Å²) in [5, 5.41) is 0. The SMILES string of the molecule is CCOC(=O)C(C(=O)OCC)c1cc(OC)c(OC)cc1I. The van der Waals surface area contributed by atoms with E-state index < -0.39 is 17.9 Å². The maximum atomic E-state index is 12.2. The molecule has 0 saturated heterocycles. The highest BCUT2D eigenvalue weighted by Gasteiger charge is 2.34. The van der Waals surface area contributed by atoms with Crippen LogP contribution in [0.25, 0.3) is 0 Å². The van der Waals surface area contributed by atoms with Crippen LogP contribution in [0.15, 0.2) is 12.1 Å². The van der Waals surface area contributed by atoms with Gasteiger partial charge in [-0.2, -0.15) is 0 Å². The maximum Gasteiger partial charge on any atom is 0.324 e.